The Morgan fingerprint density at radius 2 is 1.94 bits per heavy atom. The number of carbonyl (C=O) groups excluding carboxylic acids is 2. The first-order chi connectivity index (χ1) is 15.6. The maximum Gasteiger partial charge on any atom is 0.418 e. The number of hydrogen-bond acceptors (Lipinski definition) is 7. The highest BCUT2D eigenvalue weighted by atomic mass is 35.5. The first kappa shape index (κ1) is 23.3. The summed E-state index contributed by atoms with van der Waals surface area (Å²) in [6.07, 6.45) is -2.34. The van der Waals surface area contributed by atoms with Crippen LogP contribution >= 0.6 is 34.3 Å². The lowest BCUT2D eigenvalue weighted by Gasteiger charge is -2.10. The number of rotatable bonds is 6. The molecule has 0 spiro atoms. The van der Waals surface area contributed by atoms with Gasteiger partial charge in [-0.3, -0.25) is 9.59 Å². The topological polar surface area (TPSA) is 84.8 Å². The van der Waals surface area contributed by atoms with Crippen LogP contribution in [0.25, 0.3) is 10.2 Å². The summed E-state index contributed by atoms with van der Waals surface area (Å²) >= 11 is 8.06. The number of Topliss-reactive ketones (excluding diaryl/α,β-unsaturated/α-hetero) is 1. The molecule has 0 aliphatic carbocycles. The fourth-order valence-corrected chi connectivity index (χ4v) is 4.83. The number of thiazole rings is 2. The first-order valence-corrected chi connectivity index (χ1v) is 11.6. The van der Waals surface area contributed by atoms with E-state index in [9.17, 15) is 22.8 Å². The minimum absolute atomic E-state index is 0.0657. The SMILES string of the molecule is C[C@@H](CC(=O)c1ccc2ncsc2c1)c1ncc(C(=O)Nc2cc(C(F)(F)F)c(Cl)cn2)s1. The van der Waals surface area contributed by atoms with Gasteiger partial charge in [-0.2, -0.15) is 13.2 Å². The molecule has 1 N–H and O–H groups in total. The van der Waals surface area contributed by atoms with Gasteiger partial charge in [-0.15, -0.1) is 22.7 Å². The van der Waals surface area contributed by atoms with Crippen molar-refractivity contribution in [3.63, 3.8) is 0 Å². The number of amides is 1. The van der Waals surface area contributed by atoms with Crippen molar-refractivity contribution in [2.75, 3.05) is 5.32 Å². The van der Waals surface area contributed by atoms with Gasteiger partial charge in [-0.05, 0) is 24.3 Å². The van der Waals surface area contributed by atoms with E-state index >= 15 is 0 Å². The van der Waals surface area contributed by atoms with E-state index in [4.69, 9.17) is 11.6 Å². The average Bonchev–Trinajstić information content (AvgIpc) is 3.43. The second-order valence-corrected chi connectivity index (χ2v) is 9.48. The molecule has 0 aliphatic heterocycles. The van der Waals surface area contributed by atoms with Gasteiger partial charge in [0.2, 0.25) is 0 Å². The van der Waals surface area contributed by atoms with Crippen LogP contribution in [-0.2, 0) is 6.18 Å². The Kier molecular flexibility index (Phi) is 6.46. The van der Waals surface area contributed by atoms with Gasteiger partial charge in [0.1, 0.15) is 10.7 Å². The van der Waals surface area contributed by atoms with Crippen molar-refractivity contribution in [3.8, 4) is 0 Å². The maximum atomic E-state index is 13.0. The summed E-state index contributed by atoms with van der Waals surface area (Å²) in [4.78, 5) is 37.5. The zero-order valence-electron chi connectivity index (χ0n) is 16.8. The predicted octanol–water partition coefficient (Wildman–Crippen LogP) is 6.45. The Balaban J connectivity index is 1.43. The zero-order valence-corrected chi connectivity index (χ0v) is 19.2. The molecule has 6 nitrogen and oxygen atoms in total. The van der Waals surface area contributed by atoms with Crippen LogP contribution in [0.2, 0.25) is 5.02 Å². The standard InChI is InChI=1S/C21H14ClF3N4O2S2/c1-10(4-15(30)11-2-3-14-16(5-11)32-9-28-14)20-27-8-17(33-20)19(31)29-18-6-12(21(23,24)25)13(22)7-26-18/h2-3,5-10H,4H2,1H3,(H,26,29,31)/t10-/m0/s1. The number of pyridine rings is 1. The first-order valence-electron chi connectivity index (χ1n) is 9.48. The average molecular weight is 511 g/mol. The lowest BCUT2D eigenvalue weighted by molar-refractivity contribution is -0.137. The van der Waals surface area contributed by atoms with Crippen LogP contribution in [0.4, 0.5) is 19.0 Å². The molecule has 12 heteroatoms. The number of ketones is 1. The third-order valence-electron chi connectivity index (χ3n) is 4.72. The van der Waals surface area contributed by atoms with Crippen molar-refractivity contribution in [2.24, 2.45) is 0 Å². The van der Waals surface area contributed by atoms with Gasteiger partial charge in [0.25, 0.3) is 5.91 Å². The Bertz CT molecular complexity index is 1350. The molecule has 1 aromatic carbocycles. The molecule has 0 saturated heterocycles. The third-order valence-corrected chi connectivity index (χ3v) is 7.04. The number of nitrogens with zero attached hydrogens (tertiary/aromatic N) is 3. The molecular weight excluding hydrogens is 497 g/mol. The largest absolute Gasteiger partial charge is 0.418 e. The quantitative estimate of drug-likeness (QED) is 0.301. The van der Waals surface area contributed by atoms with Crippen LogP contribution in [0.1, 0.15) is 49.9 Å². The fourth-order valence-electron chi connectivity index (χ4n) is 3.03. The molecule has 4 aromatic rings. The summed E-state index contributed by atoms with van der Waals surface area (Å²) < 4.78 is 39.9. The maximum absolute atomic E-state index is 13.0. The van der Waals surface area contributed by atoms with E-state index < -0.39 is 22.7 Å². The molecule has 0 fully saturated rings. The van der Waals surface area contributed by atoms with E-state index in [0.717, 1.165) is 27.8 Å². The molecule has 4 rings (SSSR count). The van der Waals surface area contributed by atoms with E-state index in [0.29, 0.717) is 16.6 Å². The second kappa shape index (κ2) is 9.16. The number of nitrogens with one attached hydrogen (secondary N) is 1. The normalized spacial score (nSPS) is 12.6. The molecule has 0 aliphatic rings. The number of fused-ring (bicyclic) bond motifs is 1. The monoisotopic (exact) mass is 510 g/mol. The van der Waals surface area contributed by atoms with E-state index in [1.54, 1.807) is 23.7 Å². The van der Waals surface area contributed by atoms with Crippen molar-refractivity contribution in [1.29, 1.82) is 0 Å². The summed E-state index contributed by atoms with van der Waals surface area (Å²) in [6.45, 7) is 1.82. The summed E-state index contributed by atoms with van der Waals surface area (Å²) in [5, 5.41) is 2.32. The van der Waals surface area contributed by atoms with Crippen molar-refractivity contribution in [1.82, 2.24) is 15.0 Å². The Hall–Kier alpha value is -2.89. The summed E-state index contributed by atoms with van der Waals surface area (Å²) in [6, 6.07) is 6.00. The Labute approximate surface area is 198 Å². The van der Waals surface area contributed by atoms with Gasteiger partial charge in [-0.1, -0.05) is 18.5 Å². The molecule has 1 amide bonds. The minimum Gasteiger partial charge on any atom is -0.306 e. The lowest BCUT2D eigenvalue weighted by atomic mass is 10.0. The van der Waals surface area contributed by atoms with E-state index in [1.165, 1.54) is 17.5 Å². The number of anilines is 1. The third kappa shape index (κ3) is 5.21. The van der Waals surface area contributed by atoms with Crippen molar-refractivity contribution >= 4 is 62.0 Å². The van der Waals surface area contributed by atoms with E-state index in [-0.39, 0.29) is 28.8 Å². The van der Waals surface area contributed by atoms with Gasteiger partial charge in [-0.25, -0.2) is 15.0 Å². The van der Waals surface area contributed by atoms with E-state index in [2.05, 4.69) is 20.3 Å². The van der Waals surface area contributed by atoms with Gasteiger partial charge in [0, 0.05) is 24.1 Å². The number of benzene rings is 1. The number of carbonyl (C=O) groups is 2. The number of alkyl halides is 3. The van der Waals surface area contributed by atoms with Crippen LogP contribution in [0.15, 0.2) is 42.2 Å². The lowest BCUT2D eigenvalue weighted by Crippen LogP contribution is -2.13. The van der Waals surface area contributed by atoms with Crippen LogP contribution < -0.4 is 5.32 Å². The smallest absolute Gasteiger partial charge is 0.306 e. The number of hydrogen-bond donors (Lipinski definition) is 1. The molecule has 170 valence electrons. The minimum atomic E-state index is -4.68. The van der Waals surface area contributed by atoms with Crippen LogP contribution in [0, 0.1) is 0 Å². The molecule has 3 aromatic heterocycles. The molecule has 0 bridgehead atoms. The molecule has 3 heterocycles. The molecule has 0 radical (unpaired) electrons. The van der Waals surface area contributed by atoms with Crippen LogP contribution in [0.5, 0.6) is 0 Å². The highest BCUT2D eigenvalue weighted by Crippen LogP contribution is 2.35. The highest BCUT2D eigenvalue weighted by Gasteiger charge is 2.34. The van der Waals surface area contributed by atoms with Crippen LogP contribution in [-0.4, -0.2) is 26.6 Å². The predicted molar refractivity (Wildman–Crippen MR) is 121 cm³/mol. The fraction of sp³-hybridized carbons (Fsp3) is 0.190. The highest BCUT2D eigenvalue weighted by molar-refractivity contribution is 7.16. The molecule has 0 saturated carbocycles. The van der Waals surface area contributed by atoms with Crippen LogP contribution in [0.3, 0.4) is 0 Å². The second-order valence-electron chi connectivity index (χ2n) is 7.13. The van der Waals surface area contributed by atoms with Gasteiger partial charge >= 0.3 is 6.18 Å². The van der Waals surface area contributed by atoms with Crippen molar-refractivity contribution in [3.05, 3.63) is 68.2 Å². The zero-order chi connectivity index (χ0) is 23.8. The van der Waals surface area contributed by atoms with Crippen molar-refractivity contribution < 1.29 is 22.8 Å². The Morgan fingerprint density at radius 1 is 1.15 bits per heavy atom. The molecular formula is C21H14ClF3N4O2S2. The molecule has 1 atom stereocenters. The number of aromatic nitrogens is 3. The van der Waals surface area contributed by atoms with Gasteiger partial charge in [0.05, 0.1) is 37.5 Å². The Morgan fingerprint density at radius 3 is 2.70 bits per heavy atom. The van der Waals surface area contributed by atoms with E-state index in [1.807, 2.05) is 6.92 Å². The van der Waals surface area contributed by atoms with Crippen molar-refractivity contribution in [2.45, 2.75) is 25.4 Å². The summed E-state index contributed by atoms with van der Waals surface area (Å²) in [5.41, 5.74) is 2.02. The summed E-state index contributed by atoms with van der Waals surface area (Å²) in [7, 11) is 0. The molecule has 0 unspecified atom stereocenters. The molecule has 33 heavy (non-hydrogen) atoms. The van der Waals surface area contributed by atoms with Gasteiger partial charge in [0.15, 0.2) is 5.78 Å². The number of halogens is 4. The van der Waals surface area contributed by atoms with Gasteiger partial charge < -0.3 is 5.32 Å². The summed E-state index contributed by atoms with van der Waals surface area (Å²) in [5.74, 6) is -1.26.